The number of hydrogen-bond acceptors (Lipinski definition) is 4. The Morgan fingerprint density at radius 1 is 1.04 bits per heavy atom. The summed E-state index contributed by atoms with van der Waals surface area (Å²) in [6.07, 6.45) is 1.48. The van der Waals surface area contributed by atoms with Crippen LogP contribution in [0.4, 0.5) is 10.5 Å². The van der Waals surface area contributed by atoms with Crippen molar-refractivity contribution >= 4 is 17.6 Å². The summed E-state index contributed by atoms with van der Waals surface area (Å²) < 4.78 is 10.2. The van der Waals surface area contributed by atoms with Crippen LogP contribution in [0.3, 0.4) is 0 Å². The third-order valence-corrected chi connectivity index (χ3v) is 3.93. The fourth-order valence-electron chi connectivity index (χ4n) is 2.55. The Kier molecular flexibility index (Phi) is 4.69. The van der Waals surface area contributed by atoms with E-state index in [-0.39, 0.29) is 11.9 Å². The maximum Gasteiger partial charge on any atom is 0.321 e. The van der Waals surface area contributed by atoms with Crippen LogP contribution in [0.2, 0.25) is 0 Å². The average molecular weight is 329 g/mol. The Morgan fingerprint density at radius 2 is 1.71 bits per heavy atom. The van der Waals surface area contributed by atoms with E-state index in [2.05, 4.69) is 5.32 Å². The number of ether oxygens (including phenoxy) is 1. The van der Waals surface area contributed by atoms with Crippen molar-refractivity contribution in [2.24, 2.45) is 0 Å². The number of nitrogens with one attached hydrogen (secondary N) is 1. The Bertz CT molecular complexity index is 689. The summed E-state index contributed by atoms with van der Waals surface area (Å²) in [5.74, 6) is 0.916. The van der Waals surface area contributed by atoms with E-state index < -0.39 is 0 Å². The van der Waals surface area contributed by atoms with Gasteiger partial charge in [-0.25, -0.2) is 4.79 Å². The molecule has 0 spiro atoms. The lowest BCUT2D eigenvalue weighted by Gasteiger charge is -2.34. The number of anilines is 1. The number of benzene rings is 1. The second-order valence-electron chi connectivity index (χ2n) is 5.42. The lowest BCUT2D eigenvalue weighted by molar-refractivity contribution is 0.0640. The van der Waals surface area contributed by atoms with E-state index in [0.717, 1.165) is 5.75 Å². The van der Waals surface area contributed by atoms with Crippen molar-refractivity contribution in [3.63, 3.8) is 0 Å². The maximum atomic E-state index is 12.3. The molecule has 0 bridgehead atoms. The number of urea groups is 1. The molecule has 0 atom stereocenters. The number of amides is 3. The lowest BCUT2D eigenvalue weighted by Crippen LogP contribution is -2.51. The van der Waals surface area contributed by atoms with Crippen LogP contribution in [-0.2, 0) is 0 Å². The van der Waals surface area contributed by atoms with Crippen molar-refractivity contribution in [3.8, 4) is 5.75 Å². The van der Waals surface area contributed by atoms with Crippen LogP contribution in [0.15, 0.2) is 47.1 Å². The Balaban J connectivity index is 1.52. The second kappa shape index (κ2) is 7.08. The largest absolute Gasteiger partial charge is 0.497 e. The van der Waals surface area contributed by atoms with Crippen molar-refractivity contribution in [2.45, 2.75) is 0 Å². The molecule has 0 unspecified atom stereocenters. The van der Waals surface area contributed by atoms with Gasteiger partial charge in [0.1, 0.15) is 5.75 Å². The molecule has 1 aromatic heterocycles. The van der Waals surface area contributed by atoms with E-state index in [1.54, 1.807) is 53.3 Å². The number of furan rings is 1. The van der Waals surface area contributed by atoms with E-state index >= 15 is 0 Å². The van der Waals surface area contributed by atoms with E-state index in [1.807, 2.05) is 0 Å². The minimum Gasteiger partial charge on any atom is -0.497 e. The van der Waals surface area contributed by atoms with Gasteiger partial charge in [0.15, 0.2) is 5.76 Å². The van der Waals surface area contributed by atoms with Crippen LogP contribution in [-0.4, -0.2) is 55.0 Å². The van der Waals surface area contributed by atoms with E-state index in [1.165, 1.54) is 6.26 Å². The molecule has 24 heavy (non-hydrogen) atoms. The zero-order chi connectivity index (χ0) is 16.9. The molecule has 7 nitrogen and oxygen atoms in total. The van der Waals surface area contributed by atoms with Crippen molar-refractivity contribution < 1.29 is 18.7 Å². The van der Waals surface area contributed by atoms with Crippen molar-refractivity contribution in [2.75, 3.05) is 38.6 Å². The summed E-state index contributed by atoms with van der Waals surface area (Å²) in [6, 6.07) is 10.3. The summed E-state index contributed by atoms with van der Waals surface area (Å²) in [6.45, 7) is 1.92. The van der Waals surface area contributed by atoms with Gasteiger partial charge in [-0.3, -0.25) is 4.79 Å². The lowest BCUT2D eigenvalue weighted by atomic mass is 10.3. The fourth-order valence-corrected chi connectivity index (χ4v) is 2.55. The molecule has 0 saturated carbocycles. The first kappa shape index (κ1) is 15.9. The van der Waals surface area contributed by atoms with E-state index in [0.29, 0.717) is 37.6 Å². The topological polar surface area (TPSA) is 75.0 Å². The number of carbonyl (C=O) groups is 2. The standard InChI is InChI=1S/C17H19N3O4/c1-23-14-6-4-13(5-7-14)18-17(22)20-10-8-19(9-11-20)16(21)15-3-2-12-24-15/h2-7,12H,8-11H2,1H3,(H,18,22). The molecule has 126 valence electrons. The van der Waals surface area contributed by atoms with Crippen LogP contribution in [0.25, 0.3) is 0 Å². The molecular formula is C17H19N3O4. The zero-order valence-corrected chi connectivity index (χ0v) is 13.4. The van der Waals surface area contributed by atoms with Crippen LogP contribution in [0, 0.1) is 0 Å². The Labute approximate surface area is 139 Å². The third-order valence-electron chi connectivity index (χ3n) is 3.93. The Morgan fingerprint density at radius 3 is 2.29 bits per heavy atom. The van der Waals surface area contributed by atoms with Gasteiger partial charge in [0.2, 0.25) is 0 Å². The number of hydrogen-bond donors (Lipinski definition) is 1. The fraction of sp³-hybridized carbons (Fsp3) is 0.294. The van der Waals surface area contributed by atoms with Crippen molar-refractivity contribution in [3.05, 3.63) is 48.4 Å². The summed E-state index contributed by atoms with van der Waals surface area (Å²) in [4.78, 5) is 27.9. The van der Waals surface area contributed by atoms with Crippen LogP contribution >= 0.6 is 0 Å². The second-order valence-corrected chi connectivity index (χ2v) is 5.42. The monoisotopic (exact) mass is 329 g/mol. The van der Waals surface area contributed by atoms with Gasteiger partial charge < -0.3 is 24.3 Å². The number of carbonyl (C=O) groups excluding carboxylic acids is 2. The normalized spacial score (nSPS) is 14.4. The molecule has 1 aliphatic heterocycles. The summed E-state index contributed by atoms with van der Waals surface area (Å²) >= 11 is 0. The molecule has 1 N–H and O–H groups in total. The van der Waals surface area contributed by atoms with Gasteiger partial charge in [-0.05, 0) is 36.4 Å². The molecule has 1 saturated heterocycles. The molecule has 1 fully saturated rings. The number of nitrogens with zero attached hydrogens (tertiary/aromatic N) is 2. The highest BCUT2D eigenvalue weighted by Crippen LogP contribution is 2.16. The van der Waals surface area contributed by atoms with Crippen molar-refractivity contribution in [1.29, 1.82) is 0 Å². The number of rotatable bonds is 3. The molecule has 1 aliphatic rings. The quantitative estimate of drug-likeness (QED) is 0.937. The van der Waals surface area contributed by atoms with Gasteiger partial charge in [-0.2, -0.15) is 0 Å². The molecule has 0 radical (unpaired) electrons. The summed E-state index contributed by atoms with van der Waals surface area (Å²) in [5, 5.41) is 2.84. The molecule has 3 rings (SSSR count). The van der Waals surface area contributed by atoms with Gasteiger partial charge in [-0.15, -0.1) is 0 Å². The number of methoxy groups -OCH3 is 1. The van der Waals surface area contributed by atoms with Crippen molar-refractivity contribution in [1.82, 2.24) is 9.80 Å². The average Bonchev–Trinajstić information content (AvgIpc) is 3.16. The van der Waals surface area contributed by atoms with Gasteiger partial charge in [0.25, 0.3) is 5.91 Å². The SMILES string of the molecule is COc1ccc(NC(=O)N2CCN(C(=O)c3ccco3)CC2)cc1. The van der Waals surface area contributed by atoms with E-state index in [9.17, 15) is 9.59 Å². The molecule has 7 heteroatoms. The first-order valence-corrected chi connectivity index (χ1v) is 7.70. The molecule has 3 amide bonds. The van der Waals surface area contributed by atoms with Gasteiger partial charge >= 0.3 is 6.03 Å². The summed E-state index contributed by atoms with van der Waals surface area (Å²) in [7, 11) is 1.59. The highest BCUT2D eigenvalue weighted by atomic mass is 16.5. The first-order valence-electron chi connectivity index (χ1n) is 7.70. The highest BCUT2D eigenvalue weighted by Gasteiger charge is 2.26. The van der Waals surface area contributed by atoms with Gasteiger partial charge in [0.05, 0.1) is 13.4 Å². The van der Waals surface area contributed by atoms with Gasteiger partial charge in [-0.1, -0.05) is 0 Å². The molecule has 1 aromatic carbocycles. The predicted molar refractivity (Wildman–Crippen MR) is 88.2 cm³/mol. The maximum absolute atomic E-state index is 12.3. The predicted octanol–water partition coefficient (Wildman–Crippen LogP) is 2.28. The smallest absolute Gasteiger partial charge is 0.321 e. The minimum absolute atomic E-state index is 0.143. The molecule has 0 aliphatic carbocycles. The minimum atomic E-state index is -0.176. The first-order chi connectivity index (χ1) is 11.7. The molecular weight excluding hydrogens is 310 g/mol. The van der Waals surface area contributed by atoms with E-state index in [4.69, 9.17) is 9.15 Å². The van der Waals surface area contributed by atoms with Gasteiger partial charge in [0, 0.05) is 31.9 Å². The van der Waals surface area contributed by atoms with Crippen LogP contribution in [0.1, 0.15) is 10.6 Å². The zero-order valence-electron chi connectivity index (χ0n) is 13.4. The highest BCUT2D eigenvalue weighted by molar-refractivity contribution is 5.92. The third kappa shape index (κ3) is 3.51. The van der Waals surface area contributed by atoms with Crippen LogP contribution < -0.4 is 10.1 Å². The molecule has 2 heterocycles. The van der Waals surface area contributed by atoms with Crippen LogP contribution in [0.5, 0.6) is 5.75 Å². The Hall–Kier alpha value is -2.96. The molecule has 2 aromatic rings. The number of piperazine rings is 1. The summed E-state index contributed by atoms with van der Waals surface area (Å²) in [5.41, 5.74) is 0.704.